The van der Waals surface area contributed by atoms with Gasteiger partial charge in [0.15, 0.2) is 11.5 Å². The molecular formula is C23H24N2O3. The van der Waals surface area contributed by atoms with Crippen LogP contribution in [0.3, 0.4) is 0 Å². The number of amides is 1. The summed E-state index contributed by atoms with van der Waals surface area (Å²) in [5, 5.41) is 0. The van der Waals surface area contributed by atoms with E-state index < -0.39 is 0 Å². The third kappa shape index (κ3) is 3.82. The third-order valence-corrected chi connectivity index (χ3v) is 5.48. The lowest BCUT2D eigenvalue weighted by molar-refractivity contribution is -0.119. The molecule has 0 bridgehead atoms. The number of hydrogen-bond acceptors (Lipinski definition) is 4. The highest BCUT2D eigenvalue weighted by Gasteiger charge is 2.29. The lowest BCUT2D eigenvalue weighted by Crippen LogP contribution is -2.42. The number of rotatable bonds is 5. The fourth-order valence-corrected chi connectivity index (χ4v) is 4.03. The van der Waals surface area contributed by atoms with Crippen molar-refractivity contribution in [1.82, 2.24) is 4.98 Å². The van der Waals surface area contributed by atoms with Crippen molar-refractivity contribution < 1.29 is 14.3 Å². The van der Waals surface area contributed by atoms with E-state index in [9.17, 15) is 4.79 Å². The molecule has 1 atom stereocenters. The molecule has 0 saturated heterocycles. The molecule has 1 aromatic heterocycles. The maximum Gasteiger partial charge on any atom is 0.231 e. The summed E-state index contributed by atoms with van der Waals surface area (Å²) in [5.41, 5.74) is 0.893. The van der Waals surface area contributed by atoms with Gasteiger partial charge in [0.05, 0.1) is 5.92 Å². The number of carbonyl (C=O) groups is 1. The number of terminal acetylenes is 1. The summed E-state index contributed by atoms with van der Waals surface area (Å²) >= 11 is 0. The summed E-state index contributed by atoms with van der Waals surface area (Å²) in [4.78, 5) is 19.7. The highest BCUT2D eigenvalue weighted by molar-refractivity contribution is 5.93. The van der Waals surface area contributed by atoms with Gasteiger partial charge in [-0.05, 0) is 42.7 Å². The summed E-state index contributed by atoms with van der Waals surface area (Å²) < 4.78 is 10.8. The zero-order chi connectivity index (χ0) is 19.3. The standard InChI is InChI=1S/C23H24N2O3/c1-2-17(18-11-12-20-21(14-18)28-16-27-20)15-23(26)25(19-8-4-3-5-9-19)22-10-6-7-13-24-22/h1,6-7,10-14,17,19H,3-5,8-9,15-16H2. The van der Waals surface area contributed by atoms with Gasteiger partial charge in [0.1, 0.15) is 5.82 Å². The first-order chi connectivity index (χ1) is 13.8. The predicted octanol–water partition coefficient (Wildman–Crippen LogP) is 4.28. The van der Waals surface area contributed by atoms with Crippen molar-refractivity contribution in [3.05, 3.63) is 48.2 Å². The zero-order valence-electron chi connectivity index (χ0n) is 15.8. The van der Waals surface area contributed by atoms with Crippen molar-refractivity contribution in [2.24, 2.45) is 0 Å². The van der Waals surface area contributed by atoms with Crippen molar-refractivity contribution in [2.45, 2.75) is 50.5 Å². The first-order valence-electron chi connectivity index (χ1n) is 9.85. The molecular weight excluding hydrogens is 352 g/mol. The molecule has 4 rings (SSSR count). The third-order valence-electron chi connectivity index (χ3n) is 5.48. The van der Waals surface area contributed by atoms with Gasteiger partial charge in [-0.25, -0.2) is 4.98 Å². The zero-order valence-corrected chi connectivity index (χ0v) is 15.8. The molecule has 1 aliphatic carbocycles. The molecule has 1 aromatic carbocycles. The Balaban J connectivity index is 1.56. The van der Waals surface area contributed by atoms with E-state index in [1.54, 1.807) is 6.20 Å². The van der Waals surface area contributed by atoms with E-state index in [0.29, 0.717) is 17.3 Å². The molecule has 1 amide bonds. The summed E-state index contributed by atoms with van der Waals surface area (Å²) in [6.07, 6.45) is 13.3. The van der Waals surface area contributed by atoms with Gasteiger partial charge in [-0.1, -0.05) is 37.3 Å². The SMILES string of the molecule is C#CC(CC(=O)N(c1ccccn1)C1CCCCC1)c1ccc2c(c1)OCO2. The number of anilines is 1. The van der Waals surface area contributed by atoms with Gasteiger partial charge in [-0.15, -0.1) is 6.42 Å². The van der Waals surface area contributed by atoms with Crippen LogP contribution in [0.25, 0.3) is 0 Å². The van der Waals surface area contributed by atoms with E-state index in [0.717, 1.165) is 31.2 Å². The van der Waals surface area contributed by atoms with Crippen molar-refractivity contribution in [1.29, 1.82) is 0 Å². The van der Waals surface area contributed by atoms with Crippen LogP contribution in [0.4, 0.5) is 5.82 Å². The minimum absolute atomic E-state index is 0.0196. The quantitative estimate of drug-likeness (QED) is 0.731. The number of hydrogen-bond donors (Lipinski definition) is 0. The van der Waals surface area contributed by atoms with Gasteiger partial charge in [0, 0.05) is 18.7 Å². The van der Waals surface area contributed by atoms with Crippen LogP contribution >= 0.6 is 0 Å². The van der Waals surface area contributed by atoms with Gasteiger partial charge in [0.2, 0.25) is 12.7 Å². The molecule has 144 valence electrons. The number of aromatic nitrogens is 1. The highest BCUT2D eigenvalue weighted by Crippen LogP contribution is 2.36. The molecule has 5 nitrogen and oxygen atoms in total. The molecule has 0 spiro atoms. The predicted molar refractivity (Wildman–Crippen MR) is 107 cm³/mol. The Bertz CT molecular complexity index is 869. The number of carbonyl (C=O) groups excluding carboxylic acids is 1. The van der Waals surface area contributed by atoms with Crippen LogP contribution in [0.15, 0.2) is 42.6 Å². The minimum atomic E-state index is -0.322. The van der Waals surface area contributed by atoms with Crippen LogP contribution in [-0.4, -0.2) is 23.7 Å². The lowest BCUT2D eigenvalue weighted by Gasteiger charge is -2.34. The summed E-state index contributed by atoms with van der Waals surface area (Å²) in [5.74, 6) is 4.58. The average molecular weight is 376 g/mol. The topological polar surface area (TPSA) is 51.7 Å². The Hall–Kier alpha value is -3.00. The number of ether oxygens (including phenoxy) is 2. The van der Waals surface area contributed by atoms with Crippen LogP contribution in [-0.2, 0) is 4.79 Å². The van der Waals surface area contributed by atoms with E-state index in [4.69, 9.17) is 15.9 Å². The van der Waals surface area contributed by atoms with Crippen molar-refractivity contribution in [2.75, 3.05) is 11.7 Å². The van der Waals surface area contributed by atoms with Gasteiger partial charge < -0.3 is 9.47 Å². The maximum absolute atomic E-state index is 13.4. The molecule has 1 saturated carbocycles. The smallest absolute Gasteiger partial charge is 0.231 e. The van der Waals surface area contributed by atoms with E-state index >= 15 is 0 Å². The highest BCUT2D eigenvalue weighted by atomic mass is 16.7. The first-order valence-corrected chi connectivity index (χ1v) is 9.85. The second-order valence-corrected chi connectivity index (χ2v) is 7.28. The van der Waals surface area contributed by atoms with Gasteiger partial charge in [-0.2, -0.15) is 0 Å². The summed E-state index contributed by atoms with van der Waals surface area (Å²) in [7, 11) is 0. The fraction of sp³-hybridized carbons (Fsp3) is 0.391. The van der Waals surface area contributed by atoms with Crippen LogP contribution in [0.2, 0.25) is 0 Å². The van der Waals surface area contributed by atoms with Crippen LogP contribution in [0.5, 0.6) is 11.5 Å². The number of benzene rings is 1. The van der Waals surface area contributed by atoms with E-state index in [1.165, 1.54) is 6.42 Å². The van der Waals surface area contributed by atoms with Crippen LogP contribution in [0.1, 0.15) is 50.0 Å². The average Bonchev–Trinajstić information content (AvgIpc) is 3.21. The largest absolute Gasteiger partial charge is 0.454 e. The van der Waals surface area contributed by atoms with E-state index in [2.05, 4.69) is 10.9 Å². The van der Waals surface area contributed by atoms with Crippen molar-refractivity contribution in [3.63, 3.8) is 0 Å². The second kappa shape index (κ2) is 8.35. The van der Waals surface area contributed by atoms with Gasteiger partial charge in [-0.3, -0.25) is 9.69 Å². The van der Waals surface area contributed by atoms with Crippen LogP contribution < -0.4 is 14.4 Å². The Labute approximate surface area is 165 Å². The molecule has 0 radical (unpaired) electrons. The number of fused-ring (bicyclic) bond motifs is 1. The van der Waals surface area contributed by atoms with Crippen molar-refractivity contribution in [3.8, 4) is 23.8 Å². The van der Waals surface area contributed by atoms with E-state index in [1.807, 2.05) is 41.3 Å². The van der Waals surface area contributed by atoms with Crippen molar-refractivity contribution >= 4 is 11.7 Å². The molecule has 5 heteroatoms. The van der Waals surface area contributed by atoms with E-state index in [-0.39, 0.29) is 31.1 Å². The minimum Gasteiger partial charge on any atom is -0.454 e. The molecule has 2 aromatic rings. The second-order valence-electron chi connectivity index (χ2n) is 7.28. The summed E-state index contributed by atoms with van der Waals surface area (Å²) in [6.45, 7) is 0.216. The maximum atomic E-state index is 13.4. The Morgan fingerprint density at radius 2 is 2.00 bits per heavy atom. The fourth-order valence-electron chi connectivity index (χ4n) is 4.03. The van der Waals surface area contributed by atoms with Gasteiger partial charge >= 0.3 is 0 Å². The molecule has 1 unspecified atom stereocenters. The normalized spacial score (nSPS) is 17.0. The molecule has 28 heavy (non-hydrogen) atoms. The molecule has 2 heterocycles. The Morgan fingerprint density at radius 1 is 1.18 bits per heavy atom. The molecule has 2 aliphatic rings. The molecule has 1 fully saturated rings. The molecule has 0 N–H and O–H groups in total. The lowest BCUT2D eigenvalue weighted by atomic mass is 9.92. The summed E-state index contributed by atoms with van der Waals surface area (Å²) in [6, 6.07) is 11.5. The number of nitrogens with zero attached hydrogens (tertiary/aromatic N) is 2. The number of pyridine rings is 1. The van der Waals surface area contributed by atoms with Gasteiger partial charge in [0.25, 0.3) is 0 Å². The first kappa shape index (κ1) is 18.4. The monoisotopic (exact) mass is 376 g/mol. The Morgan fingerprint density at radius 3 is 2.75 bits per heavy atom. The Kier molecular flexibility index (Phi) is 5.48. The molecule has 1 aliphatic heterocycles. The van der Waals surface area contributed by atoms with Crippen LogP contribution in [0, 0.1) is 12.3 Å².